The Morgan fingerprint density at radius 1 is 1.18 bits per heavy atom. The molecule has 11 heteroatoms. The van der Waals surface area contributed by atoms with Crippen LogP contribution in [-0.4, -0.2) is 79.8 Å². The van der Waals surface area contributed by atoms with Crippen LogP contribution in [0.25, 0.3) is 22.3 Å². The Bertz CT molecular complexity index is 1320. The highest BCUT2D eigenvalue weighted by Crippen LogP contribution is 2.38. The van der Waals surface area contributed by atoms with E-state index in [4.69, 9.17) is 0 Å². The summed E-state index contributed by atoms with van der Waals surface area (Å²) in [5, 5.41) is 15.0. The largest absolute Gasteiger partial charge is 0.346 e. The maximum absolute atomic E-state index is 12.5. The summed E-state index contributed by atoms with van der Waals surface area (Å²) >= 11 is 0. The first kappa shape index (κ1) is 20.8. The van der Waals surface area contributed by atoms with Gasteiger partial charge in [0.25, 0.3) is 0 Å². The molecule has 2 saturated heterocycles. The summed E-state index contributed by atoms with van der Waals surface area (Å²) in [6.07, 6.45) is 10.8. The van der Waals surface area contributed by atoms with Gasteiger partial charge >= 0.3 is 0 Å². The molecule has 0 spiro atoms. The molecular weight excluding hydrogens is 440 g/mol. The number of rotatable bonds is 6. The first-order valence-corrected chi connectivity index (χ1v) is 12.9. The molecule has 1 N–H and O–H groups in total. The number of aromatic amines is 1. The topological polar surface area (TPSA) is 124 Å². The Balaban J connectivity index is 1.16. The molecule has 3 fully saturated rings. The van der Waals surface area contributed by atoms with E-state index >= 15 is 0 Å². The zero-order valence-electron chi connectivity index (χ0n) is 18.3. The van der Waals surface area contributed by atoms with E-state index in [1.165, 1.54) is 6.33 Å². The molecule has 3 aliphatic rings. The van der Waals surface area contributed by atoms with Crippen LogP contribution >= 0.6 is 0 Å². The van der Waals surface area contributed by atoms with Gasteiger partial charge in [0.1, 0.15) is 17.5 Å². The molecule has 172 valence electrons. The molecule has 0 amide bonds. The van der Waals surface area contributed by atoms with Crippen LogP contribution < -0.4 is 0 Å². The van der Waals surface area contributed by atoms with Gasteiger partial charge in [0.15, 0.2) is 0 Å². The molecule has 1 aliphatic carbocycles. The van der Waals surface area contributed by atoms with Crippen LogP contribution in [0.3, 0.4) is 0 Å². The molecule has 5 heterocycles. The predicted octanol–water partition coefficient (Wildman–Crippen LogP) is 1.70. The summed E-state index contributed by atoms with van der Waals surface area (Å²) in [5.74, 6) is 0. The smallest absolute Gasteiger partial charge is 0.216 e. The predicted molar refractivity (Wildman–Crippen MR) is 121 cm³/mol. The molecule has 6 rings (SSSR count). The first-order valence-electron chi connectivity index (χ1n) is 11.4. The van der Waals surface area contributed by atoms with E-state index in [2.05, 4.69) is 31.0 Å². The van der Waals surface area contributed by atoms with Crippen molar-refractivity contribution in [2.24, 2.45) is 0 Å². The summed E-state index contributed by atoms with van der Waals surface area (Å²) in [6.45, 7) is 2.67. The van der Waals surface area contributed by atoms with Gasteiger partial charge in [-0.25, -0.2) is 22.7 Å². The molecule has 0 bridgehead atoms. The van der Waals surface area contributed by atoms with Crippen LogP contribution in [0.1, 0.15) is 32.1 Å². The van der Waals surface area contributed by atoms with Gasteiger partial charge in [-0.2, -0.15) is 10.4 Å². The van der Waals surface area contributed by atoms with Gasteiger partial charge in [0, 0.05) is 55.6 Å². The zero-order valence-corrected chi connectivity index (χ0v) is 19.1. The van der Waals surface area contributed by atoms with Crippen molar-refractivity contribution in [3.8, 4) is 17.3 Å². The van der Waals surface area contributed by atoms with Gasteiger partial charge in [-0.3, -0.25) is 9.58 Å². The number of H-pyrrole nitrogens is 1. The second-order valence-corrected chi connectivity index (χ2v) is 11.7. The third-order valence-electron chi connectivity index (χ3n) is 7.34. The van der Waals surface area contributed by atoms with Gasteiger partial charge < -0.3 is 4.98 Å². The third-order valence-corrected chi connectivity index (χ3v) is 9.74. The fraction of sp³-hybridized carbons (Fsp3) is 0.545. The summed E-state index contributed by atoms with van der Waals surface area (Å²) in [5.41, 5.74) is 2.13. The molecule has 2 aliphatic heterocycles. The van der Waals surface area contributed by atoms with Gasteiger partial charge in [-0.15, -0.1) is 0 Å². The number of aromatic nitrogens is 5. The maximum atomic E-state index is 12.5. The van der Waals surface area contributed by atoms with E-state index in [0.29, 0.717) is 25.6 Å². The highest BCUT2D eigenvalue weighted by molar-refractivity contribution is 7.90. The van der Waals surface area contributed by atoms with Crippen molar-refractivity contribution in [3.05, 3.63) is 31.0 Å². The quantitative estimate of drug-likeness (QED) is 0.586. The number of fused-ring (bicyclic) bond motifs is 1. The van der Waals surface area contributed by atoms with E-state index in [1.807, 2.05) is 23.1 Å². The summed E-state index contributed by atoms with van der Waals surface area (Å²) in [7, 11) is -3.09. The third kappa shape index (κ3) is 3.44. The number of piperidine rings is 1. The lowest BCUT2D eigenvalue weighted by Gasteiger charge is -2.53. The molecule has 0 aromatic carbocycles. The minimum atomic E-state index is -3.09. The van der Waals surface area contributed by atoms with Crippen LogP contribution in [0.2, 0.25) is 0 Å². The SMILES string of the molecule is N#CCC1(n2cc(-c3ncnc4[nH]ccc34)cn2)CN(C2CCN(S(=O)(=O)C3CC3)CC2)C1. The zero-order chi connectivity index (χ0) is 22.6. The Morgan fingerprint density at radius 3 is 2.70 bits per heavy atom. The average Bonchev–Trinajstić information content (AvgIpc) is 3.36. The number of sulfonamides is 1. The van der Waals surface area contributed by atoms with Crippen molar-refractivity contribution >= 4 is 21.1 Å². The van der Waals surface area contributed by atoms with Crippen LogP contribution in [-0.2, 0) is 15.6 Å². The monoisotopic (exact) mass is 466 g/mol. The van der Waals surface area contributed by atoms with Crippen LogP contribution in [0.4, 0.5) is 0 Å². The lowest BCUT2D eigenvalue weighted by molar-refractivity contribution is -0.0382. The van der Waals surface area contributed by atoms with Crippen molar-refractivity contribution in [1.82, 2.24) is 33.9 Å². The van der Waals surface area contributed by atoms with Crippen molar-refractivity contribution in [2.75, 3.05) is 26.2 Å². The lowest BCUT2D eigenvalue weighted by Crippen LogP contribution is -2.66. The number of nitriles is 1. The number of hydrogen-bond donors (Lipinski definition) is 1. The van der Waals surface area contributed by atoms with Gasteiger partial charge in [0.2, 0.25) is 10.0 Å². The molecule has 33 heavy (non-hydrogen) atoms. The molecule has 0 unspecified atom stereocenters. The summed E-state index contributed by atoms with van der Waals surface area (Å²) < 4.78 is 28.7. The molecule has 3 aromatic heterocycles. The van der Waals surface area contributed by atoms with E-state index in [0.717, 1.165) is 61.1 Å². The number of hydrogen-bond acceptors (Lipinski definition) is 7. The maximum Gasteiger partial charge on any atom is 0.216 e. The Morgan fingerprint density at radius 2 is 1.97 bits per heavy atom. The molecular formula is C22H26N8O2S. The minimum Gasteiger partial charge on any atom is -0.346 e. The standard InChI is InChI=1S/C22H26N8O2S/c23-7-6-22(30-12-16(11-27-30)20-19-3-8-24-21(19)26-15-25-20)13-28(14-22)17-4-9-29(10-5-17)33(31,32)18-1-2-18/h3,8,11-12,15,17-18H,1-2,4-6,9-10,13-14H2,(H,24,25,26). The van der Waals surface area contributed by atoms with Crippen molar-refractivity contribution in [2.45, 2.75) is 48.9 Å². The minimum absolute atomic E-state index is 0.141. The lowest BCUT2D eigenvalue weighted by atomic mass is 9.84. The second kappa shape index (κ2) is 7.62. The highest BCUT2D eigenvalue weighted by atomic mass is 32.2. The highest BCUT2D eigenvalue weighted by Gasteiger charge is 2.49. The van der Waals surface area contributed by atoms with Gasteiger partial charge in [-0.1, -0.05) is 0 Å². The Kier molecular flexibility index (Phi) is 4.79. The van der Waals surface area contributed by atoms with Gasteiger partial charge in [-0.05, 0) is 31.7 Å². The van der Waals surface area contributed by atoms with Crippen molar-refractivity contribution < 1.29 is 8.42 Å². The molecule has 10 nitrogen and oxygen atoms in total. The normalized spacial score (nSPS) is 22.3. The number of nitrogens with one attached hydrogen (secondary N) is 1. The fourth-order valence-corrected chi connectivity index (χ4v) is 7.17. The second-order valence-electron chi connectivity index (χ2n) is 9.47. The van der Waals surface area contributed by atoms with E-state index in [9.17, 15) is 13.7 Å². The van der Waals surface area contributed by atoms with Crippen LogP contribution in [0, 0.1) is 11.3 Å². The van der Waals surface area contributed by atoms with Gasteiger partial charge in [0.05, 0.1) is 29.6 Å². The average molecular weight is 467 g/mol. The van der Waals surface area contributed by atoms with Crippen molar-refractivity contribution in [1.29, 1.82) is 5.26 Å². The van der Waals surface area contributed by atoms with E-state index in [1.54, 1.807) is 10.5 Å². The van der Waals surface area contributed by atoms with E-state index < -0.39 is 10.0 Å². The summed E-state index contributed by atoms with van der Waals surface area (Å²) in [4.78, 5) is 14.2. The Labute approximate surface area is 192 Å². The molecule has 0 radical (unpaired) electrons. The first-order chi connectivity index (χ1) is 16.0. The fourth-order valence-electron chi connectivity index (χ4n) is 5.30. The molecule has 0 atom stereocenters. The molecule has 3 aromatic rings. The van der Waals surface area contributed by atoms with Crippen LogP contribution in [0.15, 0.2) is 31.0 Å². The van der Waals surface area contributed by atoms with Crippen LogP contribution in [0.5, 0.6) is 0 Å². The number of nitrogens with zero attached hydrogens (tertiary/aromatic N) is 7. The van der Waals surface area contributed by atoms with Crippen molar-refractivity contribution in [3.63, 3.8) is 0 Å². The Hall–Kier alpha value is -2.81. The molecule has 1 saturated carbocycles. The van der Waals surface area contributed by atoms with E-state index in [-0.39, 0.29) is 10.8 Å². The summed E-state index contributed by atoms with van der Waals surface area (Å²) in [6, 6.07) is 4.65. The number of likely N-dealkylation sites (tertiary alicyclic amines) is 1.